The molecule has 3 aromatic heterocycles. The van der Waals surface area contributed by atoms with E-state index in [4.69, 9.17) is 30.8 Å². The number of terminal acetylenes is 1. The van der Waals surface area contributed by atoms with Crippen LogP contribution >= 0.6 is 0 Å². The minimum Gasteiger partial charge on any atom is -0.476 e. The molecule has 0 bridgehead atoms. The van der Waals surface area contributed by atoms with E-state index in [1.807, 2.05) is 6.07 Å². The van der Waals surface area contributed by atoms with Gasteiger partial charge in [-0.2, -0.15) is 23.1 Å². The maximum atomic E-state index is 17.5. The molecule has 0 amide bonds. The molecule has 5 atom stereocenters. The smallest absolute Gasteiger partial charge is 0.433 e. The van der Waals surface area contributed by atoms with Crippen molar-refractivity contribution in [3.05, 3.63) is 71.3 Å². The second-order valence-electron chi connectivity index (χ2n) is 16.0. The molecule has 0 aliphatic carbocycles. The summed E-state index contributed by atoms with van der Waals surface area (Å²) in [7, 11) is 0. The van der Waals surface area contributed by atoms with E-state index in [1.54, 1.807) is 18.2 Å². The number of hydrogen-bond donors (Lipinski definition) is 1. The second kappa shape index (κ2) is 14.9. The standard InChI is InChI=1S/C43H43F5N8O2/c1-4-26-20-55-27(19-49-26)12-10-24(3)37-35-39(36(45)38(52-37)30-9-6-8-25-11-13-31(44)29(5-2)34(25)30)53-41(54-40(35)55)58-22-42-15-7-17-56(42)28(14-16-42)21-57-33-18-32(43(46,47)48)50-23-51-33/h2,6,8-9,11,13,18,23-24,26-28,49H,4,7,10,12,14-17,19-22H2,1,3H3/t24-,26-,27-,28+,42+/m1/s1. The maximum absolute atomic E-state index is 17.5. The first kappa shape index (κ1) is 38.3. The molecule has 3 fully saturated rings. The van der Waals surface area contributed by atoms with Crippen LogP contribution in [0, 0.1) is 24.0 Å². The molecule has 4 aliphatic rings. The number of piperazine rings is 1. The molecule has 2 aromatic carbocycles. The Morgan fingerprint density at radius 1 is 1.02 bits per heavy atom. The lowest BCUT2D eigenvalue weighted by atomic mass is 9.89. The largest absolute Gasteiger partial charge is 0.476 e. The minimum atomic E-state index is -4.61. The monoisotopic (exact) mass is 798 g/mol. The molecule has 0 unspecified atom stereocenters. The van der Waals surface area contributed by atoms with E-state index in [2.05, 4.69) is 44.9 Å². The van der Waals surface area contributed by atoms with Crippen molar-refractivity contribution in [2.24, 2.45) is 0 Å². The number of anilines is 1. The quantitative estimate of drug-likeness (QED) is 0.124. The van der Waals surface area contributed by atoms with Gasteiger partial charge in [0.15, 0.2) is 11.5 Å². The number of nitrogens with one attached hydrogen (secondary N) is 1. The third-order valence-corrected chi connectivity index (χ3v) is 12.7. The van der Waals surface area contributed by atoms with Crippen molar-refractivity contribution in [1.29, 1.82) is 0 Å². The van der Waals surface area contributed by atoms with Crippen LogP contribution in [0.3, 0.4) is 0 Å². The Bertz CT molecular complexity index is 2440. The van der Waals surface area contributed by atoms with Crippen LogP contribution in [0.25, 0.3) is 32.9 Å². The number of nitrogens with zero attached hydrogens (tertiary/aromatic N) is 7. The highest BCUT2D eigenvalue weighted by atomic mass is 19.4. The molecule has 0 radical (unpaired) electrons. The van der Waals surface area contributed by atoms with Gasteiger partial charge in [0, 0.05) is 48.2 Å². The predicted molar refractivity (Wildman–Crippen MR) is 209 cm³/mol. The Labute approximate surface area is 332 Å². The van der Waals surface area contributed by atoms with E-state index >= 15 is 8.78 Å². The zero-order valence-corrected chi connectivity index (χ0v) is 32.3. The zero-order chi connectivity index (χ0) is 40.3. The Kier molecular flexibility index (Phi) is 9.83. The van der Waals surface area contributed by atoms with E-state index in [9.17, 15) is 13.2 Å². The molecule has 0 spiro atoms. The van der Waals surface area contributed by atoms with Crippen molar-refractivity contribution in [1.82, 2.24) is 35.1 Å². The third kappa shape index (κ3) is 6.63. The summed E-state index contributed by atoms with van der Waals surface area (Å²) in [6, 6.07) is 9.32. The zero-order valence-electron chi connectivity index (χ0n) is 32.3. The van der Waals surface area contributed by atoms with Crippen LogP contribution in [-0.2, 0) is 6.18 Å². The number of aromatic nitrogens is 5. The van der Waals surface area contributed by atoms with Gasteiger partial charge in [-0.3, -0.25) is 4.90 Å². The Morgan fingerprint density at radius 2 is 1.88 bits per heavy atom. The van der Waals surface area contributed by atoms with Gasteiger partial charge in [-0.1, -0.05) is 44.0 Å². The molecule has 5 aromatic rings. The summed E-state index contributed by atoms with van der Waals surface area (Å²) in [5.41, 5.74) is -0.265. The molecule has 1 N–H and O–H groups in total. The first-order valence-electron chi connectivity index (χ1n) is 20.0. The van der Waals surface area contributed by atoms with E-state index in [-0.39, 0.29) is 65.9 Å². The molecule has 15 heteroatoms. The lowest BCUT2D eigenvalue weighted by Crippen LogP contribution is -2.57. The summed E-state index contributed by atoms with van der Waals surface area (Å²) in [6.07, 6.45) is 7.85. The van der Waals surface area contributed by atoms with Crippen LogP contribution in [-0.4, -0.2) is 86.3 Å². The highest BCUT2D eigenvalue weighted by Crippen LogP contribution is 2.45. The van der Waals surface area contributed by atoms with Gasteiger partial charge < -0.3 is 19.7 Å². The number of hydrogen-bond acceptors (Lipinski definition) is 10. The molecule has 10 nitrogen and oxygen atoms in total. The normalized spacial score (nSPS) is 24.6. The first-order valence-corrected chi connectivity index (χ1v) is 20.0. The molecule has 7 heterocycles. The van der Waals surface area contributed by atoms with Crippen molar-refractivity contribution in [3.63, 3.8) is 0 Å². The Hall–Kier alpha value is -5.20. The third-order valence-electron chi connectivity index (χ3n) is 12.7. The summed E-state index contributed by atoms with van der Waals surface area (Å²) in [5.74, 6) is 1.60. The van der Waals surface area contributed by atoms with E-state index in [0.29, 0.717) is 39.8 Å². The van der Waals surface area contributed by atoms with E-state index < -0.39 is 29.0 Å². The maximum Gasteiger partial charge on any atom is 0.433 e. The Balaban J connectivity index is 1.10. The van der Waals surface area contributed by atoms with Crippen LogP contribution in [0.5, 0.6) is 11.9 Å². The van der Waals surface area contributed by atoms with Gasteiger partial charge in [-0.15, -0.1) is 6.42 Å². The molecule has 9 rings (SSSR count). The van der Waals surface area contributed by atoms with Gasteiger partial charge in [0.2, 0.25) is 5.88 Å². The Morgan fingerprint density at radius 3 is 2.69 bits per heavy atom. The fourth-order valence-electron chi connectivity index (χ4n) is 9.64. The predicted octanol–water partition coefficient (Wildman–Crippen LogP) is 7.82. The number of alkyl halides is 3. The van der Waals surface area contributed by atoms with Crippen molar-refractivity contribution in [2.75, 3.05) is 37.7 Å². The van der Waals surface area contributed by atoms with Crippen molar-refractivity contribution < 1.29 is 31.4 Å². The number of halogens is 5. The molecular weight excluding hydrogens is 756 g/mol. The summed E-state index contributed by atoms with van der Waals surface area (Å²) < 4.78 is 84.9. The van der Waals surface area contributed by atoms with Crippen molar-refractivity contribution in [2.45, 2.75) is 94.6 Å². The van der Waals surface area contributed by atoms with Crippen molar-refractivity contribution in [3.8, 4) is 35.5 Å². The number of pyridine rings is 1. The lowest BCUT2D eigenvalue weighted by molar-refractivity contribution is -0.141. The summed E-state index contributed by atoms with van der Waals surface area (Å²) in [5, 5.41) is 5.28. The number of rotatable bonds is 8. The topological polar surface area (TPSA) is 101 Å². The summed E-state index contributed by atoms with van der Waals surface area (Å²) in [4.78, 5) is 26.8. The van der Waals surface area contributed by atoms with Crippen molar-refractivity contribution >= 4 is 27.5 Å². The summed E-state index contributed by atoms with van der Waals surface area (Å²) >= 11 is 0. The molecule has 58 heavy (non-hydrogen) atoms. The van der Waals surface area contributed by atoms with Gasteiger partial charge >= 0.3 is 12.2 Å². The molecule has 3 saturated heterocycles. The van der Waals surface area contributed by atoms with Gasteiger partial charge in [0.1, 0.15) is 42.4 Å². The number of benzene rings is 2. The van der Waals surface area contributed by atoms with Gasteiger partial charge in [-0.25, -0.2) is 23.7 Å². The van der Waals surface area contributed by atoms with Crippen LogP contribution in [0.1, 0.15) is 81.7 Å². The first-order chi connectivity index (χ1) is 28.0. The number of ether oxygens (including phenoxy) is 2. The molecule has 302 valence electrons. The van der Waals surface area contributed by atoms with Crippen LogP contribution < -0.4 is 19.7 Å². The SMILES string of the molecule is C#Cc1c(F)ccc2cccc(-c3nc4c5c(nc(OC[C@@]67CCCN6[C@H](COc6cc(C(F)(F)F)ncn6)CC7)nc5c3F)N3C[C@@H](CC)NC[C@H]3CC[C@H]4C)c12. The van der Waals surface area contributed by atoms with E-state index in [1.165, 1.54) is 6.07 Å². The van der Waals surface area contributed by atoms with E-state index in [0.717, 1.165) is 70.4 Å². The molecule has 0 saturated carbocycles. The highest BCUT2D eigenvalue weighted by Gasteiger charge is 2.50. The van der Waals surface area contributed by atoms with Gasteiger partial charge in [0.25, 0.3) is 0 Å². The summed E-state index contributed by atoms with van der Waals surface area (Å²) in [6.45, 7) is 6.76. The highest BCUT2D eigenvalue weighted by molar-refractivity contribution is 6.03. The fraction of sp³-hybridized carbons (Fsp3) is 0.465. The van der Waals surface area contributed by atoms with Crippen LogP contribution in [0.2, 0.25) is 0 Å². The van der Waals surface area contributed by atoms with Crippen LogP contribution in [0.4, 0.5) is 27.8 Å². The average molecular weight is 799 g/mol. The fourth-order valence-corrected chi connectivity index (χ4v) is 9.64. The van der Waals surface area contributed by atoms with Gasteiger partial charge in [-0.05, 0) is 68.9 Å². The average Bonchev–Trinajstić information content (AvgIpc) is 3.80. The van der Waals surface area contributed by atoms with Crippen LogP contribution in [0.15, 0.2) is 42.7 Å². The van der Waals surface area contributed by atoms with Gasteiger partial charge in [0.05, 0.1) is 22.2 Å². The second-order valence-corrected chi connectivity index (χ2v) is 16.0. The molecule has 4 aliphatic heterocycles. The molecular formula is C43H43F5N8O2. The minimum absolute atomic E-state index is 0.0340. The number of fused-ring (bicyclic) bond motifs is 4. The lowest BCUT2D eigenvalue weighted by Gasteiger charge is -2.43.